The number of aryl methyl sites for hydroxylation is 1. The number of thiazole rings is 1. The van der Waals surface area contributed by atoms with Crippen LogP contribution in [0, 0.1) is 0 Å². The molecule has 2 aromatic heterocycles. The number of guanidine groups is 1. The van der Waals surface area contributed by atoms with Crippen LogP contribution in [0.2, 0.25) is 0 Å². The van der Waals surface area contributed by atoms with Crippen molar-refractivity contribution in [1.29, 1.82) is 0 Å². The van der Waals surface area contributed by atoms with Crippen LogP contribution in [0.15, 0.2) is 22.8 Å². The van der Waals surface area contributed by atoms with Crippen molar-refractivity contribution in [3.63, 3.8) is 0 Å². The second kappa shape index (κ2) is 9.20. The van der Waals surface area contributed by atoms with E-state index in [-0.39, 0.29) is 30.5 Å². The van der Waals surface area contributed by atoms with Crippen LogP contribution in [-0.2, 0) is 26.2 Å². The minimum absolute atomic E-state index is 0. The zero-order chi connectivity index (χ0) is 16.9. The SMILES string of the molecule is CN=C(NCCc1cnn(C)c1)NCc1nc(C(F)(F)F)cs1.I. The van der Waals surface area contributed by atoms with Gasteiger partial charge in [-0.1, -0.05) is 0 Å². The molecule has 0 unspecified atom stereocenters. The number of alkyl halides is 3. The largest absolute Gasteiger partial charge is 0.434 e. The summed E-state index contributed by atoms with van der Waals surface area (Å²) in [6, 6.07) is 0. The summed E-state index contributed by atoms with van der Waals surface area (Å²) in [7, 11) is 3.45. The molecule has 0 amide bonds. The van der Waals surface area contributed by atoms with Crippen molar-refractivity contribution in [2.75, 3.05) is 13.6 Å². The van der Waals surface area contributed by atoms with Gasteiger partial charge in [-0.15, -0.1) is 35.3 Å². The summed E-state index contributed by atoms with van der Waals surface area (Å²) < 4.78 is 39.2. The lowest BCUT2D eigenvalue weighted by molar-refractivity contribution is -0.140. The summed E-state index contributed by atoms with van der Waals surface area (Å²) >= 11 is 0.965. The van der Waals surface area contributed by atoms with Crippen molar-refractivity contribution in [2.24, 2.45) is 12.0 Å². The Bertz CT molecular complexity index is 667. The van der Waals surface area contributed by atoms with E-state index in [1.165, 1.54) is 0 Å². The molecule has 0 aliphatic rings. The third-order valence-electron chi connectivity index (χ3n) is 2.94. The zero-order valence-corrected chi connectivity index (χ0v) is 16.2. The summed E-state index contributed by atoms with van der Waals surface area (Å²) in [5.41, 5.74) is 0.226. The molecule has 0 saturated heterocycles. The van der Waals surface area contributed by atoms with Crippen molar-refractivity contribution >= 4 is 41.3 Å². The van der Waals surface area contributed by atoms with Gasteiger partial charge in [0, 0.05) is 32.2 Å². The van der Waals surface area contributed by atoms with Crippen molar-refractivity contribution < 1.29 is 13.2 Å². The predicted molar refractivity (Wildman–Crippen MR) is 97.6 cm³/mol. The van der Waals surface area contributed by atoms with Crippen LogP contribution in [0.4, 0.5) is 13.2 Å². The third-order valence-corrected chi connectivity index (χ3v) is 3.79. The number of nitrogens with one attached hydrogen (secondary N) is 2. The van der Waals surface area contributed by atoms with Gasteiger partial charge in [-0.3, -0.25) is 9.67 Å². The number of hydrogen-bond donors (Lipinski definition) is 2. The molecule has 0 aliphatic heterocycles. The maximum absolute atomic E-state index is 12.5. The normalized spacial score (nSPS) is 12.0. The molecule has 0 bridgehead atoms. The summed E-state index contributed by atoms with van der Waals surface area (Å²) in [6.07, 6.45) is 0.0701. The molecule has 0 saturated carbocycles. The first kappa shape index (κ1) is 20.7. The van der Waals surface area contributed by atoms with Crippen LogP contribution in [0.5, 0.6) is 0 Å². The topological polar surface area (TPSA) is 67.1 Å². The lowest BCUT2D eigenvalue weighted by atomic mass is 10.2. The Morgan fingerprint density at radius 1 is 1.38 bits per heavy atom. The van der Waals surface area contributed by atoms with E-state index < -0.39 is 11.9 Å². The van der Waals surface area contributed by atoms with Gasteiger partial charge in [-0.05, 0) is 12.0 Å². The van der Waals surface area contributed by atoms with Crippen LogP contribution in [0.1, 0.15) is 16.3 Å². The number of nitrogens with zero attached hydrogens (tertiary/aromatic N) is 4. The van der Waals surface area contributed by atoms with E-state index >= 15 is 0 Å². The lowest BCUT2D eigenvalue weighted by Gasteiger charge is -2.10. The molecule has 2 N–H and O–H groups in total. The van der Waals surface area contributed by atoms with E-state index in [9.17, 15) is 13.2 Å². The molecule has 2 aromatic rings. The monoisotopic (exact) mass is 474 g/mol. The minimum atomic E-state index is -4.40. The van der Waals surface area contributed by atoms with E-state index in [0.29, 0.717) is 17.5 Å². The van der Waals surface area contributed by atoms with Gasteiger partial charge >= 0.3 is 6.18 Å². The first-order chi connectivity index (χ1) is 10.9. The Balaban J connectivity index is 0.00000288. The Morgan fingerprint density at radius 3 is 2.67 bits per heavy atom. The molecule has 6 nitrogen and oxygen atoms in total. The molecule has 0 spiro atoms. The van der Waals surface area contributed by atoms with Crippen molar-refractivity contribution in [2.45, 2.75) is 19.1 Å². The van der Waals surface area contributed by atoms with Crippen molar-refractivity contribution in [1.82, 2.24) is 25.4 Å². The first-order valence-electron chi connectivity index (χ1n) is 6.82. The maximum atomic E-state index is 12.5. The fourth-order valence-corrected chi connectivity index (χ4v) is 2.57. The average molecular weight is 474 g/mol. The number of halogens is 4. The Labute approximate surface area is 158 Å². The van der Waals surface area contributed by atoms with Gasteiger partial charge in [-0.2, -0.15) is 18.3 Å². The highest BCUT2D eigenvalue weighted by atomic mass is 127. The van der Waals surface area contributed by atoms with Crippen LogP contribution in [0.25, 0.3) is 0 Å². The third kappa shape index (κ3) is 6.26. The maximum Gasteiger partial charge on any atom is 0.434 e. The van der Waals surface area contributed by atoms with Crippen LogP contribution in [-0.4, -0.2) is 34.3 Å². The Kier molecular flexibility index (Phi) is 7.93. The standard InChI is InChI=1S/C13H17F3N6S.HI/c1-17-12(18-4-3-9-5-20-22(2)7-9)19-6-11-21-10(8-23-11)13(14,15)16;/h5,7-8H,3-4,6H2,1-2H3,(H2,17,18,19);1H. The highest BCUT2D eigenvalue weighted by Gasteiger charge is 2.33. The van der Waals surface area contributed by atoms with Crippen molar-refractivity contribution in [3.8, 4) is 0 Å². The van der Waals surface area contributed by atoms with Gasteiger partial charge in [0.1, 0.15) is 5.01 Å². The van der Waals surface area contributed by atoms with Gasteiger partial charge < -0.3 is 10.6 Å². The molecule has 2 heterocycles. The molecule has 2 rings (SSSR count). The van der Waals surface area contributed by atoms with Crippen LogP contribution < -0.4 is 10.6 Å². The molecule has 0 radical (unpaired) electrons. The molecule has 24 heavy (non-hydrogen) atoms. The molecule has 0 aliphatic carbocycles. The van der Waals surface area contributed by atoms with E-state index in [4.69, 9.17) is 0 Å². The van der Waals surface area contributed by atoms with Gasteiger partial charge in [0.05, 0.1) is 12.7 Å². The number of rotatable bonds is 5. The lowest BCUT2D eigenvalue weighted by Crippen LogP contribution is -2.37. The Hall–Kier alpha value is -1.37. The van der Waals surface area contributed by atoms with Crippen LogP contribution >= 0.6 is 35.3 Å². The average Bonchev–Trinajstić information content (AvgIpc) is 3.11. The second-order valence-electron chi connectivity index (χ2n) is 4.75. The summed E-state index contributed by atoms with van der Waals surface area (Å²) in [5.74, 6) is 0.512. The van der Waals surface area contributed by atoms with Gasteiger partial charge in [-0.25, -0.2) is 4.98 Å². The van der Waals surface area contributed by atoms with E-state index in [2.05, 4.69) is 25.7 Å². The number of aliphatic imine (C=N–C) groups is 1. The first-order valence-corrected chi connectivity index (χ1v) is 7.70. The van der Waals surface area contributed by atoms with Gasteiger partial charge in [0.25, 0.3) is 0 Å². The Morgan fingerprint density at radius 2 is 2.12 bits per heavy atom. The molecule has 0 atom stereocenters. The molecule has 134 valence electrons. The van der Waals surface area contributed by atoms with E-state index in [1.54, 1.807) is 17.9 Å². The van der Waals surface area contributed by atoms with E-state index in [0.717, 1.165) is 28.7 Å². The predicted octanol–water partition coefficient (Wildman–Crippen LogP) is 2.42. The summed E-state index contributed by atoms with van der Waals surface area (Å²) in [4.78, 5) is 7.58. The smallest absolute Gasteiger partial charge is 0.356 e. The fourth-order valence-electron chi connectivity index (χ4n) is 1.83. The number of aromatic nitrogens is 3. The van der Waals surface area contributed by atoms with Crippen molar-refractivity contribution in [3.05, 3.63) is 34.0 Å². The molecular formula is C13H18F3IN6S. The molecule has 0 aromatic carbocycles. The van der Waals surface area contributed by atoms with Crippen LogP contribution in [0.3, 0.4) is 0 Å². The zero-order valence-electron chi connectivity index (χ0n) is 13.1. The highest BCUT2D eigenvalue weighted by molar-refractivity contribution is 14.0. The fraction of sp³-hybridized carbons (Fsp3) is 0.462. The molecular weight excluding hydrogens is 456 g/mol. The van der Waals surface area contributed by atoms with Gasteiger partial charge in [0.15, 0.2) is 11.7 Å². The molecule has 11 heteroatoms. The minimum Gasteiger partial charge on any atom is -0.356 e. The van der Waals surface area contributed by atoms with Gasteiger partial charge in [0.2, 0.25) is 0 Å². The number of hydrogen-bond acceptors (Lipinski definition) is 4. The summed E-state index contributed by atoms with van der Waals surface area (Å²) in [5, 5.41) is 11.5. The summed E-state index contributed by atoms with van der Waals surface area (Å²) in [6.45, 7) is 0.824. The second-order valence-corrected chi connectivity index (χ2v) is 5.69. The highest BCUT2D eigenvalue weighted by Crippen LogP contribution is 2.29. The quantitative estimate of drug-likeness (QED) is 0.397. The molecule has 0 fully saturated rings. The van der Waals surface area contributed by atoms with E-state index in [1.807, 2.05) is 13.2 Å².